The number of fused-ring (bicyclic) bond motifs is 1. The van der Waals surface area contributed by atoms with Crippen LogP contribution in [0.4, 0.5) is 0 Å². The van der Waals surface area contributed by atoms with Crippen molar-refractivity contribution in [2.45, 2.75) is 104 Å². The van der Waals surface area contributed by atoms with Crippen molar-refractivity contribution < 1.29 is 15.0 Å². The molecule has 0 aromatic carbocycles. The van der Waals surface area contributed by atoms with Gasteiger partial charge in [0.2, 0.25) is 0 Å². The van der Waals surface area contributed by atoms with Crippen molar-refractivity contribution in [2.75, 3.05) is 0 Å². The summed E-state index contributed by atoms with van der Waals surface area (Å²) < 4.78 is 0. The molecule has 33 heavy (non-hydrogen) atoms. The fraction of sp³-hybridized carbons (Fsp3) is 0.690. The SMILES string of the molecule is Cc1csc(C(=O)CCC[C@@H](C)[C@H]2CC[C@H]3/C(=C/C=C4C[C@@H](O)C[C@H](O)C4)CCC[C@]23C)c1. The molecule has 3 nitrogen and oxygen atoms in total. The number of rotatable bonds is 7. The van der Waals surface area contributed by atoms with E-state index >= 15 is 0 Å². The Balaban J connectivity index is 1.36. The van der Waals surface area contributed by atoms with Crippen LogP contribution >= 0.6 is 11.3 Å². The van der Waals surface area contributed by atoms with Gasteiger partial charge >= 0.3 is 0 Å². The normalized spacial score (nSPS) is 34.3. The van der Waals surface area contributed by atoms with E-state index in [1.54, 1.807) is 16.9 Å². The number of thiophene rings is 1. The quantitative estimate of drug-likeness (QED) is 0.421. The van der Waals surface area contributed by atoms with Crippen molar-refractivity contribution >= 4 is 17.1 Å². The first-order valence-corrected chi connectivity index (χ1v) is 14.0. The number of aliphatic hydroxyl groups excluding tert-OH is 2. The second-order valence-corrected chi connectivity index (χ2v) is 12.3. The lowest BCUT2D eigenvalue weighted by Crippen LogP contribution is -2.36. The molecule has 3 saturated carbocycles. The molecule has 1 aromatic rings. The molecule has 3 aliphatic rings. The highest BCUT2D eigenvalue weighted by molar-refractivity contribution is 7.12. The number of hydrogen-bond donors (Lipinski definition) is 2. The summed E-state index contributed by atoms with van der Waals surface area (Å²) in [4.78, 5) is 13.4. The van der Waals surface area contributed by atoms with Crippen LogP contribution in [0.2, 0.25) is 0 Å². The average molecular weight is 471 g/mol. The molecule has 2 N–H and O–H groups in total. The Bertz CT molecular complexity index is 884. The number of aliphatic hydroxyl groups is 2. The predicted octanol–water partition coefficient (Wildman–Crippen LogP) is 7.02. The van der Waals surface area contributed by atoms with Crippen LogP contribution in [-0.4, -0.2) is 28.2 Å². The van der Waals surface area contributed by atoms with Crippen molar-refractivity contribution in [1.82, 2.24) is 0 Å². The van der Waals surface area contributed by atoms with Gasteiger partial charge < -0.3 is 10.2 Å². The van der Waals surface area contributed by atoms with Gasteiger partial charge in [-0.2, -0.15) is 0 Å². The molecule has 4 rings (SSSR count). The Morgan fingerprint density at radius 1 is 1.24 bits per heavy atom. The molecule has 3 fully saturated rings. The van der Waals surface area contributed by atoms with Gasteiger partial charge in [-0.05, 0) is 111 Å². The highest BCUT2D eigenvalue weighted by Gasteiger charge is 2.50. The lowest BCUT2D eigenvalue weighted by atomic mass is 9.60. The maximum absolute atomic E-state index is 12.5. The zero-order valence-corrected chi connectivity index (χ0v) is 21.5. The van der Waals surface area contributed by atoms with Crippen molar-refractivity contribution in [3.63, 3.8) is 0 Å². The molecule has 182 valence electrons. The third-order valence-electron chi connectivity index (χ3n) is 8.87. The van der Waals surface area contributed by atoms with Crippen LogP contribution in [-0.2, 0) is 0 Å². The lowest BCUT2D eigenvalue weighted by Gasteiger charge is -2.44. The van der Waals surface area contributed by atoms with Crippen molar-refractivity contribution in [3.05, 3.63) is 45.2 Å². The van der Waals surface area contributed by atoms with Gasteiger partial charge in [0.05, 0.1) is 17.1 Å². The zero-order valence-electron chi connectivity index (χ0n) is 20.7. The van der Waals surface area contributed by atoms with Gasteiger partial charge in [0.15, 0.2) is 5.78 Å². The maximum atomic E-state index is 12.5. The first-order chi connectivity index (χ1) is 15.8. The molecule has 0 saturated heterocycles. The van der Waals surface area contributed by atoms with Gasteiger partial charge in [-0.25, -0.2) is 0 Å². The molecular weight excluding hydrogens is 428 g/mol. The highest BCUT2D eigenvalue weighted by Crippen LogP contribution is 2.59. The Morgan fingerprint density at radius 3 is 2.70 bits per heavy atom. The summed E-state index contributed by atoms with van der Waals surface area (Å²) in [6.07, 6.45) is 14.8. The van der Waals surface area contributed by atoms with Crippen LogP contribution in [0.5, 0.6) is 0 Å². The smallest absolute Gasteiger partial charge is 0.172 e. The first-order valence-electron chi connectivity index (χ1n) is 13.1. The molecule has 6 atom stereocenters. The molecule has 1 aromatic heterocycles. The summed E-state index contributed by atoms with van der Waals surface area (Å²) in [6.45, 7) is 7.00. The number of carbonyl (C=O) groups excluding carboxylic acids is 1. The molecule has 0 bridgehead atoms. The van der Waals surface area contributed by atoms with E-state index in [9.17, 15) is 15.0 Å². The molecule has 0 unspecified atom stereocenters. The maximum Gasteiger partial charge on any atom is 0.172 e. The number of carbonyl (C=O) groups is 1. The third kappa shape index (κ3) is 5.71. The summed E-state index contributed by atoms with van der Waals surface area (Å²) in [6, 6.07) is 2.03. The Labute approximate surface area is 204 Å². The van der Waals surface area contributed by atoms with Crippen molar-refractivity contribution in [1.29, 1.82) is 0 Å². The largest absolute Gasteiger partial charge is 0.393 e. The minimum Gasteiger partial charge on any atom is -0.393 e. The van der Waals surface area contributed by atoms with Crippen LogP contribution in [0.15, 0.2) is 34.7 Å². The molecule has 0 radical (unpaired) electrons. The fourth-order valence-electron chi connectivity index (χ4n) is 7.23. The summed E-state index contributed by atoms with van der Waals surface area (Å²) in [7, 11) is 0. The molecule has 3 aliphatic carbocycles. The number of Topliss-reactive ketones (excluding diaryl/α,β-unsaturated/α-hetero) is 1. The van der Waals surface area contributed by atoms with E-state index in [-0.39, 0.29) is 0 Å². The van der Waals surface area contributed by atoms with Gasteiger partial charge in [0.25, 0.3) is 0 Å². The summed E-state index contributed by atoms with van der Waals surface area (Å²) in [5, 5.41) is 22.1. The Kier molecular flexibility index (Phi) is 7.98. The lowest BCUT2D eigenvalue weighted by molar-refractivity contribution is 0.0609. The highest BCUT2D eigenvalue weighted by atomic mass is 32.1. The zero-order chi connectivity index (χ0) is 23.6. The third-order valence-corrected chi connectivity index (χ3v) is 9.96. The van der Waals surface area contributed by atoms with Crippen molar-refractivity contribution in [2.24, 2.45) is 23.2 Å². The standard InChI is InChI=1S/C29H42O3S/c1-19-14-28(33-18-19)27(32)8-4-6-20(2)25-11-12-26-22(7-5-13-29(25,26)3)10-9-21-15-23(30)17-24(31)16-21/h9-10,14,18,20,23-26,30-31H,4-8,11-13,15-17H2,1-3H3/b22-10+/t20-,23-,24-,25-,26+,29-/m1/s1. The Morgan fingerprint density at radius 2 is 2.00 bits per heavy atom. The van der Waals surface area contributed by atoms with Gasteiger partial charge in [-0.15, -0.1) is 11.3 Å². The second kappa shape index (κ2) is 10.6. The number of aryl methyl sites for hydroxylation is 1. The van der Waals surface area contributed by atoms with Crippen LogP contribution in [0, 0.1) is 30.1 Å². The van der Waals surface area contributed by atoms with Crippen LogP contribution in [0.1, 0.15) is 99.7 Å². The number of ketones is 1. The van der Waals surface area contributed by atoms with E-state index in [1.165, 1.54) is 43.2 Å². The van der Waals surface area contributed by atoms with E-state index in [0.29, 0.717) is 48.7 Å². The van der Waals surface area contributed by atoms with Crippen LogP contribution in [0.3, 0.4) is 0 Å². The summed E-state index contributed by atoms with van der Waals surface area (Å²) in [5.74, 6) is 2.35. The second-order valence-electron chi connectivity index (χ2n) is 11.4. The monoisotopic (exact) mass is 470 g/mol. The first kappa shape index (κ1) is 24.9. The molecule has 0 aliphatic heterocycles. The molecule has 4 heteroatoms. The minimum absolute atomic E-state index is 0.310. The van der Waals surface area contributed by atoms with E-state index in [1.807, 2.05) is 6.07 Å². The van der Waals surface area contributed by atoms with Gasteiger partial charge in [0.1, 0.15) is 0 Å². The van der Waals surface area contributed by atoms with Crippen LogP contribution in [0.25, 0.3) is 0 Å². The molecule has 0 amide bonds. The number of allylic oxidation sites excluding steroid dienone is 3. The van der Waals surface area contributed by atoms with Gasteiger partial charge in [0, 0.05) is 6.42 Å². The Hall–Kier alpha value is -1.23. The van der Waals surface area contributed by atoms with E-state index in [2.05, 4.69) is 38.3 Å². The molecule has 1 heterocycles. The average Bonchev–Trinajstić information content (AvgIpc) is 3.34. The van der Waals surface area contributed by atoms with E-state index < -0.39 is 12.2 Å². The number of hydrogen-bond acceptors (Lipinski definition) is 4. The molecule has 0 spiro atoms. The topological polar surface area (TPSA) is 57.5 Å². The summed E-state index contributed by atoms with van der Waals surface area (Å²) >= 11 is 1.58. The van der Waals surface area contributed by atoms with E-state index in [0.717, 1.165) is 23.6 Å². The summed E-state index contributed by atoms with van der Waals surface area (Å²) in [5.41, 5.74) is 4.33. The van der Waals surface area contributed by atoms with Gasteiger partial charge in [-0.1, -0.05) is 37.1 Å². The van der Waals surface area contributed by atoms with Crippen LogP contribution < -0.4 is 0 Å². The van der Waals surface area contributed by atoms with Gasteiger partial charge in [-0.3, -0.25) is 4.79 Å². The van der Waals surface area contributed by atoms with Crippen molar-refractivity contribution in [3.8, 4) is 0 Å². The minimum atomic E-state index is -0.401. The predicted molar refractivity (Wildman–Crippen MR) is 137 cm³/mol. The fourth-order valence-corrected chi connectivity index (χ4v) is 8.10. The molecular formula is C29H42O3S. The van der Waals surface area contributed by atoms with E-state index in [4.69, 9.17) is 0 Å².